The van der Waals surface area contributed by atoms with Crippen molar-refractivity contribution in [3.05, 3.63) is 110 Å². The van der Waals surface area contributed by atoms with Crippen molar-refractivity contribution >= 4 is 34.8 Å². The molecule has 9 heteroatoms. The van der Waals surface area contributed by atoms with E-state index in [0.29, 0.717) is 22.1 Å². The van der Waals surface area contributed by atoms with E-state index in [4.69, 9.17) is 16.6 Å². The molecule has 4 aromatic rings. The zero-order valence-corrected chi connectivity index (χ0v) is 19.2. The van der Waals surface area contributed by atoms with Crippen LogP contribution in [0.25, 0.3) is 5.69 Å². The molecule has 0 radical (unpaired) electrons. The van der Waals surface area contributed by atoms with E-state index in [2.05, 4.69) is 4.98 Å². The summed E-state index contributed by atoms with van der Waals surface area (Å²) in [4.78, 5) is 33.5. The Labute approximate surface area is 203 Å². The Hall–Kier alpha value is -3.75. The van der Waals surface area contributed by atoms with Gasteiger partial charge in [-0.15, -0.1) is 11.8 Å². The number of nitrogens with zero attached hydrogens (tertiary/aromatic N) is 2. The van der Waals surface area contributed by atoms with Crippen LogP contribution in [0.1, 0.15) is 22.8 Å². The first kappa shape index (κ1) is 22.1. The molecule has 34 heavy (non-hydrogen) atoms. The second-order valence-corrected chi connectivity index (χ2v) is 9.38. The highest BCUT2D eigenvalue weighted by Crippen LogP contribution is 2.46. The van der Waals surface area contributed by atoms with Gasteiger partial charge < -0.3 is 10.2 Å². The number of thioether (sulfide) groups is 1. The van der Waals surface area contributed by atoms with Crippen LogP contribution in [-0.4, -0.2) is 25.5 Å². The lowest BCUT2D eigenvalue weighted by Gasteiger charge is -2.17. The van der Waals surface area contributed by atoms with Crippen molar-refractivity contribution in [2.45, 2.75) is 16.6 Å². The first-order chi connectivity index (χ1) is 16.4. The summed E-state index contributed by atoms with van der Waals surface area (Å²) >= 11 is 7.51. The molecule has 3 aromatic carbocycles. The molecule has 5 rings (SSSR count). The normalized spacial score (nSPS) is 15.3. The van der Waals surface area contributed by atoms with Crippen molar-refractivity contribution in [2.24, 2.45) is 4.99 Å². The molecule has 0 spiro atoms. The topological polar surface area (TPSA) is 108 Å². The number of rotatable bonds is 3. The van der Waals surface area contributed by atoms with E-state index >= 15 is 0 Å². The van der Waals surface area contributed by atoms with Crippen LogP contribution in [0.15, 0.2) is 92.3 Å². The van der Waals surface area contributed by atoms with Crippen molar-refractivity contribution in [3.8, 4) is 17.3 Å². The molecule has 2 heterocycles. The fraction of sp³-hybridized carbons (Fsp3) is 0.0800. The van der Waals surface area contributed by atoms with Gasteiger partial charge in [0.05, 0.1) is 17.1 Å². The Morgan fingerprint density at radius 3 is 2.53 bits per heavy atom. The number of H-pyrrole nitrogens is 1. The number of phenols is 1. The molecule has 1 aliphatic heterocycles. The highest BCUT2D eigenvalue weighted by molar-refractivity contribution is 7.99. The largest absolute Gasteiger partial charge is 0.508 e. The SMILES string of the molecule is O=c1[nH]c(=O)n(-c2ccc(Cl)cc2)c(O)c1C1=Nc2ccccc2SC(c2cccc(O)c2)C1. The van der Waals surface area contributed by atoms with E-state index in [1.54, 1.807) is 54.2 Å². The van der Waals surface area contributed by atoms with Gasteiger partial charge in [-0.25, -0.2) is 9.36 Å². The molecule has 0 bridgehead atoms. The number of fused-ring (bicyclic) bond motifs is 1. The Morgan fingerprint density at radius 1 is 1.00 bits per heavy atom. The highest BCUT2D eigenvalue weighted by atomic mass is 35.5. The first-order valence-electron chi connectivity index (χ1n) is 10.4. The molecular weight excluding hydrogens is 474 g/mol. The summed E-state index contributed by atoms with van der Waals surface area (Å²) in [5, 5.41) is 21.4. The van der Waals surface area contributed by atoms with Crippen molar-refractivity contribution in [1.82, 2.24) is 9.55 Å². The van der Waals surface area contributed by atoms with Gasteiger partial charge in [0.2, 0.25) is 5.88 Å². The number of aromatic nitrogens is 2. The average Bonchev–Trinajstić information content (AvgIpc) is 3.00. The molecule has 3 N–H and O–H groups in total. The minimum Gasteiger partial charge on any atom is -0.508 e. The highest BCUT2D eigenvalue weighted by Gasteiger charge is 2.27. The molecule has 1 atom stereocenters. The second kappa shape index (κ2) is 8.89. The lowest BCUT2D eigenvalue weighted by Crippen LogP contribution is -2.33. The van der Waals surface area contributed by atoms with Crippen LogP contribution in [0.3, 0.4) is 0 Å². The van der Waals surface area contributed by atoms with Gasteiger partial charge in [0.25, 0.3) is 5.56 Å². The number of phenolic OH excluding ortho intramolecular Hbond substituents is 1. The third kappa shape index (κ3) is 4.13. The first-order valence-corrected chi connectivity index (χ1v) is 11.6. The zero-order chi connectivity index (χ0) is 23.8. The summed E-state index contributed by atoms with van der Waals surface area (Å²) in [6.45, 7) is 0. The van der Waals surface area contributed by atoms with Crippen LogP contribution in [0.2, 0.25) is 5.02 Å². The number of benzene rings is 3. The molecular formula is C25H18ClN3O4S. The summed E-state index contributed by atoms with van der Waals surface area (Å²) < 4.78 is 1.02. The van der Waals surface area contributed by atoms with E-state index in [-0.39, 0.29) is 23.0 Å². The molecule has 1 aromatic heterocycles. The average molecular weight is 492 g/mol. The van der Waals surface area contributed by atoms with Crippen molar-refractivity contribution in [1.29, 1.82) is 0 Å². The summed E-state index contributed by atoms with van der Waals surface area (Å²) in [5.41, 5.74) is 0.569. The smallest absolute Gasteiger partial charge is 0.335 e. The minimum atomic E-state index is -0.776. The van der Waals surface area contributed by atoms with E-state index in [1.165, 1.54) is 0 Å². The van der Waals surface area contributed by atoms with Crippen LogP contribution in [0.4, 0.5) is 5.69 Å². The quantitative estimate of drug-likeness (QED) is 0.376. The van der Waals surface area contributed by atoms with Gasteiger partial charge in [0.15, 0.2) is 0 Å². The Balaban J connectivity index is 1.71. The van der Waals surface area contributed by atoms with Crippen LogP contribution in [0.5, 0.6) is 11.6 Å². The number of hydrogen-bond acceptors (Lipinski definition) is 6. The number of aromatic hydroxyl groups is 2. The summed E-state index contributed by atoms with van der Waals surface area (Å²) in [7, 11) is 0. The van der Waals surface area contributed by atoms with Crippen molar-refractivity contribution < 1.29 is 10.2 Å². The van der Waals surface area contributed by atoms with Crippen LogP contribution >= 0.6 is 23.4 Å². The maximum Gasteiger partial charge on any atom is 0.335 e. The van der Waals surface area contributed by atoms with Crippen LogP contribution in [0, 0.1) is 0 Å². The maximum atomic E-state index is 12.9. The molecule has 0 aliphatic carbocycles. The molecule has 0 fully saturated rings. The summed E-state index contributed by atoms with van der Waals surface area (Å²) in [6.07, 6.45) is 0.276. The summed E-state index contributed by atoms with van der Waals surface area (Å²) in [6, 6.07) is 20.7. The van der Waals surface area contributed by atoms with Crippen LogP contribution < -0.4 is 11.2 Å². The number of halogens is 1. The van der Waals surface area contributed by atoms with Gasteiger partial charge in [0, 0.05) is 21.6 Å². The monoisotopic (exact) mass is 491 g/mol. The molecule has 0 amide bonds. The second-order valence-electron chi connectivity index (χ2n) is 7.70. The van der Waals surface area contributed by atoms with E-state index in [0.717, 1.165) is 15.0 Å². The van der Waals surface area contributed by atoms with Crippen molar-refractivity contribution in [2.75, 3.05) is 0 Å². The molecule has 0 saturated heterocycles. The van der Waals surface area contributed by atoms with Gasteiger partial charge in [-0.1, -0.05) is 35.9 Å². The Kier molecular flexibility index (Phi) is 5.77. The van der Waals surface area contributed by atoms with Crippen molar-refractivity contribution in [3.63, 3.8) is 0 Å². The van der Waals surface area contributed by atoms with Gasteiger partial charge in [-0.05, 0) is 54.1 Å². The molecule has 1 aliphatic rings. The maximum absolute atomic E-state index is 12.9. The Morgan fingerprint density at radius 2 is 1.76 bits per heavy atom. The van der Waals surface area contributed by atoms with Gasteiger partial charge in [-0.3, -0.25) is 14.8 Å². The predicted molar refractivity (Wildman–Crippen MR) is 133 cm³/mol. The standard InChI is InChI=1S/C25H18ClN3O4S/c26-15-8-10-16(11-9-15)29-24(32)22(23(31)28-25(29)33)19-13-21(14-4-3-5-17(30)12-14)34-20-7-2-1-6-18(20)27-19/h1-12,21,30,32H,13H2,(H,28,31,33). The van der Waals surface area contributed by atoms with E-state index in [1.807, 2.05) is 30.3 Å². The lowest BCUT2D eigenvalue weighted by atomic mass is 10.0. The van der Waals surface area contributed by atoms with Gasteiger partial charge in [0.1, 0.15) is 11.3 Å². The number of para-hydroxylation sites is 1. The molecule has 1 unspecified atom stereocenters. The molecule has 0 saturated carbocycles. The van der Waals surface area contributed by atoms with E-state index in [9.17, 15) is 19.8 Å². The fourth-order valence-electron chi connectivity index (χ4n) is 3.89. The third-order valence-electron chi connectivity index (χ3n) is 5.47. The minimum absolute atomic E-state index is 0.0861. The summed E-state index contributed by atoms with van der Waals surface area (Å²) in [5.74, 6) is -0.375. The number of aliphatic imine (C=N–C) groups is 1. The van der Waals surface area contributed by atoms with Gasteiger partial charge in [-0.2, -0.15) is 0 Å². The van der Waals surface area contributed by atoms with Crippen LogP contribution in [-0.2, 0) is 0 Å². The fourth-order valence-corrected chi connectivity index (χ4v) is 5.24. The third-order valence-corrected chi connectivity index (χ3v) is 7.04. The molecule has 7 nitrogen and oxygen atoms in total. The van der Waals surface area contributed by atoms with Gasteiger partial charge >= 0.3 is 5.69 Å². The Bertz CT molecular complexity index is 1540. The van der Waals surface area contributed by atoms with E-state index < -0.39 is 17.1 Å². The lowest BCUT2D eigenvalue weighted by molar-refractivity contribution is 0.429. The zero-order valence-electron chi connectivity index (χ0n) is 17.6. The number of hydrogen-bond donors (Lipinski definition) is 3. The number of nitrogens with one attached hydrogen (secondary N) is 1. The molecule has 170 valence electrons. The predicted octanol–water partition coefficient (Wildman–Crippen LogP) is 4.95. The number of aromatic amines is 1.